The van der Waals surface area contributed by atoms with Crippen LogP contribution < -0.4 is 5.32 Å². The number of aromatic carboxylic acids is 1. The van der Waals surface area contributed by atoms with Gasteiger partial charge in [-0.1, -0.05) is 11.6 Å². The molecule has 22 heavy (non-hydrogen) atoms. The first-order chi connectivity index (χ1) is 10.3. The number of anilines is 2. The second kappa shape index (κ2) is 6.07. The number of carbonyl (C=O) groups excluding carboxylic acids is 1. The number of carboxylic acids is 1. The van der Waals surface area contributed by atoms with E-state index in [1.165, 1.54) is 0 Å². The molecule has 0 fully saturated rings. The number of carbonyl (C=O) groups is 2. The maximum Gasteiger partial charge on any atom is 0.337 e. The van der Waals surface area contributed by atoms with Gasteiger partial charge in [0.15, 0.2) is 17.9 Å². The molecule has 0 aliphatic carbocycles. The molecule has 0 heterocycles. The molecule has 0 saturated carbocycles. The zero-order chi connectivity index (χ0) is 16.4. The fourth-order valence-corrected chi connectivity index (χ4v) is 1.93. The van der Waals surface area contributed by atoms with Gasteiger partial charge in [0.1, 0.15) is 5.82 Å². The third kappa shape index (κ3) is 2.89. The van der Waals surface area contributed by atoms with Crippen molar-refractivity contribution in [2.45, 2.75) is 0 Å². The van der Waals surface area contributed by atoms with Crippen LogP contribution in [0.2, 0.25) is 5.02 Å². The molecule has 4 nitrogen and oxygen atoms in total. The third-order valence-electron chi connectivity index (χ3n) is 2.81. The lowest BCUT2D eigenvalue weighted by Crippen LogP contribution is -2.06. The number of benzene rings is 2. The van der Waals surface area contributed by atoms with Gasteiger partial charge >= 0.3 is 5.97 Å². The Hall–Kier alpha value is -2.54. The van der Waals surface area contributed by atoms with Crippen LogP contribution >= 0.6 is 11.6 Å². The van der Waals surface area contributed by atoms with Crippen LogP contribution in [0.15, 0.2) is 24.3 Å². The predicted molar refractivity (Wildman–Crippen MR) is 73.4 cm³/mol. The molecule has 114 valence electrons. The second-order valence-electron chi connectivity index (χ2n) is 4.18. The lowest BCUT2D eigenvalue weighted by Gasteiger charge is -2.13. The van der Waals surface area contributed by atoms with E-state index in [4.69, 9.17) is 16.7 Å². The van der Waals surface area contributed by atoms with Gasteiger partial charge in [-0.2, -0.15) is 0 Å². The summed E-state index contributed by atoms with van der Waals surface area (Å²) in [6.45, 7) is 0. The monoisotopic (exact) mass is 329 g/mol. The van der Waals surface area contributed by atoms with Crippen molar-refractivity contribution >= 4 is 35.2 Å². The van der Waals surface area contributed by atoms with Crippen LogP contribution in [-0.2, 0) is 0 Å². The van der Waals surface area contributed by atoms with Crippen molar-refractivity contribution in [3.63, 3.8) is 0 Å². The highest BCUT2D eigenvalue weighted by atomic mass is 35.5. The van der Waals surface area contributed by atoms with E-state index in [1.54, 1.807) is 0 Å². The molecule has 0 bridgehead atoms. The quantitative estimate of drug-likeness (QED) is 0.832. The lowest BCUT2D eigenvalue weighted by molar-refractivity contribution is 0.0697. The summed E-state index contributed by atoms with van der Waals surface area (Å²) in [6.07, 6.45) is 0.0757. The average molecular weight is 330 g/mol. The van der Waals surface area contributed by atoms with Crippen molar-refractivity contribution in [3.05, 3.63) is 57.9 Å². The molecular weight excluding hydrogens is 323 g/mol. The smallest absolute Gasteiger partial charge is 0.337 e. The second-order valence-corrected chi connectivity index (χ2v) is 4.59. The molecule has 0 atom stereocenters. The Labute approximate surface area is 127 Å². The molecule has 0 amide bonds. The van der Waals surface area contributed by atoms with Crippen LogP contribution in [0.5, 0.6) is 0 Å². The molecule has 0 spiro atoms. The normalized spacial score (nSPS) is 10.4. The minimum absolute atomic E-state index is 0.0757. The molecule has 0 radical (unpaired) electrons. The van der Waals surface area contributed by atoms with Crippen LogP contribution in [0.25, 0.3) is 0 Å². The Bertz CT molecular complexity index is 780. The summed E-state index contributed by atoms with van der Waals surface area (Å²) >= 11 is 5.58. The topological polar surface area (TPSA) is 66.4 Å². The van der Waals surface area contributed by atoms with Crippen molar-refractivity contribution in [2.24, 2.45) is 0 Å². The molecule has 2 aromatic rings. The Balaban J connectivity index is 2.56. The van der Waals surface area contributed by atoms with E-state index in [1.807, 2.05) is 0 Å². The van der Waals surface area contributed by atoms with Gasteiger partial charge < -0.3 is 10.4 Å². The van der Waals surface area contributed by atoms with Crippen LogP contribution in [0, 0.1) is 17.5 Å². The van der Waals surface area contributed by atoms with Gasteiger partial charge in [-0.05, 0) is 24.3 Å². The summed E-state index contributed by atoms with van der Waals surface area (Å²) in [7, 11) is 0. The van der Waals surface area contributed by atoms with Gasteiger partial charge in [-0.3, -0.25) is 4.79 Å². The maximum atomic E-state index is 13.5. The molecule has 0 aromatic heterocycles. The minimum Gasteiger partial charge on any atom is -0.478 e. The van der Waals surface area contributed by atoms with E-state index < -0.39 is 34.5 Å². The van der Waals surface area contributed by atoms with Crippen LogP contribution in [0.4, 0.5) is 24.5 Å². The van der Waals surface area contributed by atoms with Gasteiger partial charge in [0.2, 0.25) is 0 Å². The minimum atomic E-state index is -1.46. The van der Waals surface area contributed by atoms with E-state index in [-0.39, 0.29) is 22.7 Å². The molecule has 0 saturated heterocycles. The molecular formula is C14H7ClF3NO3. The maximum absolute atomic E-state index is 13.5. The van der Waals surface area contributed by atoms with Gasteiger partial charge in [-0.25, -0.2) is 18.0 Å². The highest BCUT2D eigenvalue weighted by molar-refractivity contribution is 6.31. The van der Waals surface area contributed by atoms with Gasteiger partial charge in [0.25, 0.3) is 0 Å². The Morgan fingerprint density at radius 3 is 2.41 bits per heavy atom. The number of carboxylic acid groups (broad SMARTS) is 1. The van der Waals surface area contributed by atoms with E-state index >= 15 is 0 Å². The van der Waals surface area contributed by atoms with Crippen molar-refractivity contribution in [1.82, 2.24) is 0 Å². The molecule has 0 unspecified atom stereocenters. The van der Waals surface area contributed by atoms with Crippen LogP contribution in [0.3, 0.4) is 0 Å². The number of rotatable bonds is 4. The molecule has 0 aliphatic heterocycles. The van der Waals surface area contributed by atoms with E-state index in [2.05, 4.69) is 5.32 Å². The summed E-state index contributed by atoms with van der Waals surface area (Å²) in [5, 5.41) is 11.1. The van der Waals surface area contributed by atoms with Crippen LogP contribution in [-0.4, -0.2) is 17.4 Å². The number of aldehydes is 1. The van der Waals surface area contributed by atoms with E-state index in [0.29, 0.717) is 6.07 Å². The summed E-state index contributed by atoms with van der Waals surface area (Å²) in [5.74, 6) is -5.04. The van der Waals surface area contributed by atoms with Gasteiger partial charge in [-0.15, -0.1) is 0 Å². The van der Waals surface area contributed by atoms with Crippen molar-refractivity contribution in [1.29, 1.82) is 0 Å². The van der Waals surface area contributed by atoms with Crippen LogP contribution in [0.1, 0.15) is 20.7 Å². The Morgan fingerprint density at radius 2 is 1.82 bits per heavy atom. The summed E-state index contributed by atoms with van der Waals surface area (Å²) in [5.41, 5.74) is -1.47. The standard InChI is InChI=1S/C14H7ClF3NO3/c15-8-4-12(6(14(21)22)3-10(8)17)19-11-2-1-9(16)13(18)7(11)5-20/h1-5,19H,(H,21,22). The zero-order valence-electron chi connectivity index (χ0n) is 10.7. The number of hydrogen-bond donors (Lipinski definition) is 2. The first-order valence-corrected chi connectivity index (χ1v) is 6.15. The Morgan fingerprint density at radius 1 is 1.14 bits per heavy atom. The van der Waals surface area contributed by atoms with E-state index in [0.717, 1.165) is 18.2 Å². The zero-order valence-corrected chi connectivity index (χ0v) is 11.4. The summed E-state index contributed by atoms with van der Waals surface area (Å²) in [4.78, 5) is 22.0. The fourth-order valence-electron chi connectivity index (χ4n) is 1.76. The van der Waals surface area contributed by atoms with Crippen molar-refractivity contribution in [3.8, 4) is 0 Å². The lowest BCUT2D eigenvalue weighted by atomic mass is 10.1. The summed E-state index contributed by atoms with van der Waals surface area (Å²) in [6, 6.07) is 3.45. The molecule has 2 aromatic carbocycles. The highest BCUT2D eigenvalue weighted by Gasteiger charge is 2.18. The van der Waals surface area contributed by atoms with Gasteiger partial charge in [0.05, 0.1) is 27.5 Å². The Kier molecular flexibility index (Phi) is 4.37. The van der Waals surface area contributed by atoms with E-state index in [9.17, 15) is 22.8 Å². The SMILES string of the molecule is O=Cc1c(Nc2cc(Cl)c(F)cc2C(=O)O)ccc(F)c1F. The molecule has 2 N–H and O–H groups in total. The predicted octanol–water partition coefficient (Wildman–Crippen LogP) is 4.01. The number of hydrogen-bond acceptors (Lipinski definition) is 3. The number of nitrogens with one attached hydrogen (secondary N) is 1. The highest BCUT2D eigenvalue weighted by Crippen LogP contribution is 2.29. The third-order valence-corrected chi connectivity index (χ3v) is 3.10. The molecule has 8 heteroatoms. The first kappa shape index (κ1) is 15.8. The average Bonchev–Trinajstić information content (AvgIpc) is 2.46. The molecule has 0 aliphatic rings. The number of halogens is 4. The largest absolute Gasteiger partial charge is 0.478 e. The molecule has 2 rings (SSSR count). The van der Waals surface area contributed by atoms with Crippen molar-refractivity contribution in [2.75, 3.05) is 5.32 Å². The first-order valence-electron chi connectivity index (χ1n) is 5.77. The summed E-state index contributed by atoms with van der Waals surface area (Å²) < 4.78 is 39.9. The van der Waals surface area contributed by atoms with Crippen molar-refractivity contribution < 1.29 is 27.9 Å². The van der Waals surface area contributed by atoms with Gasteiger partial charge in [0, 0.05) is 0 Å². The fraction of sp³-hybridized carbons (Fsp3) is 0.